The van der Waals surface area contributed by atoms with Crippen LogP contribution >= 0.6 is 11.6 Å². The highest BCUT2D eigenvalue weighted by Crippen LogP contribution is 2.54. The van der Waals surface area contributed by atoms with Crippen molar-refractivity contribution in [3.05, 3.63) is 22.8 Å². The van der Waals surface area contributed by atoms with Crippen molar-refractivity contribution in [1.29, 1.82) is 0 Å². The first-order valence-electron chi connectivity index (χ1n) is 7.59. The summed E-state index contributed by atoms with van der Waals surface area (Å²) in [6.45, 7) is 3.97. The second kappa shape index (κ2) is 4.35. The van der Waals surface area contributed by atoms with Crippen molar-refractivity contribution in [2.45, 2.75) is 44.3 Å². The van der Waals surface area contributed by atoms with E-state index in [4.69, 9.17) is 16.3 Å². The van der Waals surface area contributed by atoms with Crippen LogP contribution in [0.4, 0.5) is 0 Å². The summed E-state index contributed by atoms with van der Waals surface area (Å²) in [4.78, 5) is 14.7. The maximum atomic E-state index is 12.6. The number of hydrogen-bond acceptors (Lipinski definition) is 2. The summed E-state index contributed by atoms with van der Waals surface area (Å²) in [5.41, 5.74) is 0.932. The molecule has 4 unspecified atom stereocenters. The van der Waals surface area contributed by atoms with Gasteiger partial charge < -0.3 is 9.64 Å². The molecule has 0 spiro atoms. The van der Waals surface area contributed by atoms with Crippen LogP contribution in [0.25, 0.3) is 0 Å². The minimum Gasteiger partial charge on any atom is -0.371 e. The van der Waals surface area contributed by atoms with E-state index >= 15 is 0 Å². The van der Waals surface area contributed by atoms with Crippen LogP contribution in [0.3, 0.4) is 0 Å². The number of nitrogens with zero attached hydrogens (tertiary/aromatic N) is 1. The lowest BCUT2D eigenvalue weighted by atomic mass is 9.75. The minimum absolute atomic E-state index is 0.0223. The van der Waals surface area contributed by atoms with Crippen molar-refractivity contribution >= 4 is 17.5 Å². The molecular weight excluding hydrogens is 274 g/mol. The predicted molar refractivity (Wildman–Crippen MR) is 77.3 cm³/mol. The fourth-order valence-electron chi connectivity index (χ4n) is 4.48. The van der Waals surface area contributed by atoms with Gasteiger partial charge in [-0.1, -0.05) is 17.7 Å². The number of likely N-dealkylation sites (tertiary alicyclic amines) is 1. The van der Waals surface area contributed by atoms with Crippen molar-refractivity contribution in [2.75, 3.05) is 13.1 Å². The number of halogens is 1. The first-order valence-corrected chi connectivity index (χ1v) is 7.97. The first-order chi connectivity index (χ1) is 9.57. The number of carbonyl (C=O) groups excluding carboxylic acids is 1. The number of allylic oxidation sites excluding steroid dienone is 3. The summed E-state index contributed by atoms with van der Waals surface area (Å²) in [7, 11) is 0. The van der Waals surface area contributed by atoms with Crippen LogP contribution in [-0.4, -0.2) is 35.6 Å². The van der Waals surface area contributed by atoms with E-state index in [-0.39, 0.29) is 11.5 Å². The Morgan fingerprint density at radius 1 is 1.40 bits per heavy atom. The van der Waals surface area contributed by atoms with Gasteiger partial charge in [-0.2, -0.15) is 0 Å². The SMILES string of the molecule is CC12CCC(O1)C1CN(C(=O)C3=CC=C(Cl)CC3)CC12. The third-order valence-electron chi connectivity index (χ3n) is 5.63. The van der Waals surface area contributed by atoms with Gasteiger partial charge in [0.1, 0.15) is 0 Å². The molecule has 4 atom stereocenters. The monoisotopic (exact) mass is 293 g/mol. The molecule has 0 aromatic heterocycles. The third kappa shape index (κ3) is 1.79. The molecule has 3 heterocycles. The van der Waals surface area contributed by atoms with E-state index in [0.717, 1.165) is 43.0 Å². The van der Waals surface area contributed by atoms with Crippen molar-refractivity contribution in [2.24, 2.45) is 11.8 Å². The van der Waals surface area contributed by atoms with Gasteiger partial charge in [0.15, 0.2) is 0 Å². The van der Waals surface area contributed by atoms with Crippen molar-refractivity contribution in [3.8, 4) is 0 Å². The van der Waals surface area contributed by atoms with Crippen LogP contribution in [0.1, 0.15) is 32.6 Å². The molecule has 4 heteroatoms. The fourth-order valence-corrected chi connectivity index (χ4v) is 4.63. The Morgan fingerprint density at radius 3 is 2.95 bits per heavy atom. The van der Waals surface area contributed by atoms with Crippen molar-refractivity contribution in [1.82, 2.24) is 4.90 Å². The van der Waals surface area contributed by atoms with Gasteiger partial charge >= 0.3 is 0 Å². The Morgan fingerprint density at radius 2 is 2.25 bits per heavy atom. The van der Waals surface area contributed by atoms with E-state index < -0.39 is 0 Å². The molecule has 1 amide bonds. The minimum atomic E-state index is 0.0223. The summed E-state index contributed by atoms with van der Waals surface area (Å²) in [5, 5.41) is 0.846. The molecule has 0 radical (unpaired) electrons. The molecule has 4 rings (SSSR count). The van der Waals surface area contributed by atoms with Crippen LogP contribution in [0.5, 0.6) is 0 Å². The normalized spacial score (nSPS) is 42.5. The number of carbonyl (C=O) groups is 1. The zero-order valence-corrected chi connectivity index (χ0v) is 12.5. The molecule has 108 valence electrons. The lowest BCUT2D eigenvalue weighted by Gasteiger charge is -2.28. The summed E-state index contributed by atoms with van der Waals surface area (Å²) in [6, 6.07) is 0. The van der Waals surface area contributed by atoms with Gasteiger partial charge in [0, 0.05) is 35.5 Å². The largest absolute Gasteiger partial charge is 0.371 e. The number of rotatable bonds is 1. The zero-order valence-electron chi connectivity index (χ0n) is 11.8. The van der Waals surface area contributed by atoms with E-state index in [9.17, 15) is 4.79 Å². The van der Waals surface area contributed by atoms with Crippen LogP contribution in [0.15, 0.2) is 22.8 Å². The van der Waals surface area contributed by atoms with Crippen LogP contribution in [-0.2, 0) is 9.53 Å². The maximum Gasteiger partial charge on any atom is 0.249 e. The quantitative estimate of drug-likeness (QED) is 0.744. The van der Waals surface area contributed by atoms with Gasteiger partial charge in [0.2, 0.25) is 5.91 Å². The first kappa shape index (κ1) is 12.9. The average molecular weight is 294 g/mol. The maximum absolute atomic E-state index is 12.6. The summed E-state index contributed by atoms with van der Waals surface area (Å²) < 4.78 is 6.13. The lowest BCUT2D eigenvalue weighted by Crippen LogP contribution is -2.36. The van der Waals surface area contributed by atoms with Gasteiger partial charge in [-0.3, -0.25) is 4.79 Å². The van der Waals surface area contributed by atoms with E-state index in [1.54, 1.807) is 0 Å². The molecule has 4 aliphatic rings. The van der Waals surface area contributed by atoms with E-state index in [0.29, 0.717) is 17.9 Å². The van der Waals surface area contributed by atoms with Crippen LogP contribution in [0.2, 0.25) is 0 Å². The molecule has 3 aliphatic heterocycles. The van der Waals surface area contributed by atoms with Crippen LogP contribution in [0, 0.1) is 11.8 Å². The van der Waals surface area contributed by atoms with E-state index in [1.165, 1.54) is 6.42 Å². The molecule has 20 heavy (non-hydrogen) atoms. The molecule has 0 aromatic rings. The third-order valence-corrected chi connectivity index (χ3v) is 5.95. The molecule has 3 fully saturated rings. The van der Waals surface area contributed by atoms with Gasteiger partial charge in [0.25, 0.3) is 0 Å². The summed E-state index contributed by atoms with van der Waals surface area (Å²) in [6.07, 6.45) is 8.04. The van der Waals surface area contributed by atoms with Gasteiger partial charge in [0.05, 0.1) is 11.7 Å². The molecule has 3 nitrogen and oxygen atoms in total. The fraction of sp³-hybridized carbons (Fsp3) is 0.688. The highest BCUT2D eigenvalue weighted by molar-refractivity contribution is 6.29. The zero-order chi connectivity index (χ0) is 13.9. The molecular formula is C16H20ClNO2. The van der Waals surface area contributed by atoms with Crippen molar-refractivity contribution in [3.63, 3.8) is 0 Å². The second-order valence-corrected chi connectivity index (χ2v) is 7.28. The standard InChI is InChI=1S/C16H20ClNO2/c1-16-7-6-14(20-16)12-8-18(9-13(12)16)15(19)10-2-4-11(17)5-3-10/h2,4,12-14H,3,5-9H2,1H3. The Labute approximate surface area is 124 Å². The topological polar surface area (TPSA) is 29.5 Å². The van der Waals surface area contributed by atoms with Crippen LogP contribution < -0.4 is 0 Å². The average Bonchev–Trinajstić information content (AvgIpc) is 3.08. The lowest BCUT2D eigenvalue weighted by molar-refractivity contribution is -0.127. The molecule has 0 aromatic carbocycles. The number of amides is 1. The Hall–Kier alpha value is -0.800. The molecule has 0 N–H and O–H groups in total. The van der Waals surface area contributed by atoms with E-state index in [2.05, 4.69) is 6.92 Å². The number of hydrogen-bond donors (Lipinski definition) is 0. The smallest absolute Gasteiger partial charge is 0.249 e. The van der Waals surface area contributed by atoms with Gasteiger partial charge in [-0.05, 0) is 38.7 Å². The van der Waals surface area contributed by atoms with Gasteiger partial charge in [-0.25, -0.2) is 0 Å². The Bertz CT molecular complexity index is 527. The number of fused-ring (bicyclic) bond motifs is 5. The summed E-state index contributed by atoms with van der Waals surface area (Å²) >= 11 is 5.96. The Kier molecular flexibility index (Phi) is 2.80. The van der Waals surface area contributed by atoms with Crippen molar-refractivity contribution < 1.29 is 9.53 Å². The highest BCUT2D eigenvalue weighted by Gasteiger charge is 2.60. The molecule has 3 saturated heterocycles. The molecule has 0 saturated carbocycles. The highest BCUT2D eigenvalue weighted by atomic mass is 35.5. The van der Waals surface area contributed by atoms with Gasteiger partial charge in [-0.15, -0.1) is 0 Å². The Balaban J connectivity index is 1.51. The van der Waals surface area contributed by atoms with E-state index in [1.807, 2.05) is 17.1 Å². The molecule has 1 aliphatic carbocycles. The molecule has 2 bridgehead atoms. The predicted octanol–water partition coefficient (Wildman–Crippen LogP) is 2.86. The second-order valence-electron chi connectivity index (χ2n) is 6.79. The summed E-state index contributed by atoms with van der Waals surface area (Å²) in [5.74, 6) is 1.30. The number of ether oxygens (including phenoxy) is 1.